The zero-order chi connectivity index (χ0) is 37.9. The van der Waals surface area contributed by atoms with Crippen molar-refractivity contribution >= 4 is 32.5 Å². The largest absolute Gasteiger partial charge is 0.332 e. The Labute approximate surface area is 348 Å². The van der Waals surface area contributed by atoms with Gasteiger partial charge in [-0.25, -0.2) is 0 Å². The first-order valence-electron chi connectivity index (χ1n) is 18.9. The Morgan fingerprint density at radius 3 is 1.93 bits per heavy atom. The molecule has 279 valence electrons. The van der Waals surface area contributed by atoms with Crippen molar-refractivity contribution in [2.75, 3.05) is 0 Å². The molecule has 0 saturated heterocycles. The maximum Gasteiger partial charge on any atom is 0.0774 e. The van der Waals surface area contributed by atoms with Crippen LogP contribution in [-0.4, -0.2) is 14.5 Å². The van der Waals surface area contributed by atoms with Crippen molar-refractivity contribution in [3.63, 3.8) is 0 Å². The van der Waals surface area contributed by atoms with E-state index in [-0.39, 0.29) is 25.5 Å². The maximum atomic E-state index is 5.34. The molecule has 0 atom stereocenters. The van der Waals surface area contributed by atoms with E-state index in [1.165, 1.54) is 43.5 Å². The van der Waals surface area contributed by atoms with Gasteiger partial charge in [0, 0.05) is 37.4 Å². The second kappa shape index (κ2) is 16.7. The number of rotatable bonds is 6. The van der Waals surface area contributed by atoms with Gasteiger partial charge < -0.3 is 9.55 Å². The number of hydrogen-bond acceptors (Lipinski definition) is 3. The summed E-state index contributed by atoms with van der Waals surface area (Å²) >= 11 is 1.67. The summed E-state index contributed by atoms with van der Waals surface area (Å²) in [7, 11) is 0. The van der Waals surface area contributed by atoms with Crippen molar-refractivity contribution in [3.8, 4) is 50.6 Å². The van der Waals surface area contributed by atoms with Gasteiger partial charge >= 0.3 is 0 Å². The second-order valence-corrected chi connectivity index (χ2v) is 16.0. The average Bonchev–Trinajstić information content (AvgIpc) is 3.83. The van der Waals surface area contributed by atoms with Gasteiger partial charge in [-0.1, -0.05) is 153 Å². The summed E-state index contributed by atoms with van der Waals surface area (Å²) in [5.74, 6) is 1.36. The molecule has 1 radical (unpaired) electrons. The van der Waals surface area contributed by atoms with E-state index in [9.17, 15) is 0 Å². The fraction of sp³-hybridized carbons (Fsp3) is 0.137. The van der Waals surface area contributed by atoms with Crippen LogP contribution in [-0.2, 0) is 25.5 Å². The smallest absolute Gasteiger partial charge is 0.0774 e. The number of benzene rings is 6. The van der Waals surface area contributed by atoms with E-state index in [1.54, 1.807) is 17.5 Å². The van der Waals surface area contributed by atoms with Crippen molar-refractivity contribution in [2.24, 2.45) is 0 Å². The molecule has 0 fully saturated rings. The third-order valence-electron chi connectivity index (χ3n) is 10.0. The second-order valence-electron chi connectivity index (χ2n) is 15.1. The third kappa shape index (κ3) is 7.94. The van der Waals surface area contributed by atoms with E-state index in [0.29, 0.717) is 5.92 Å². The molecule has 3 aromatic heterocycles. The zero-order valence-corrected chi connectivity index (χ0v) is 35.5. The van der Waals surface area contributed by atoms with Gasteiger partial charge in [0.2, 0.25) is 0 Å². The number of imidazole rings is 1. The van der Waals surface area contributed by atoms with Crippen LogP contribution in [0.1, 0.15) is 51.7 Å². The molecule has 0 N–H and O–H groups in total. The van der Waals surface area contributed by atoms with Gasteiger partial charge in [-0.15, -0.1) is 47.3 Å². The number of nitrogens with zero attached hydrogens (tertiary/aromatic N) is 3. The monoisotopic (exact) mass is 922 g/mol. The van der Waals surface area contributed by atoms with Crippen LogP contribution in [0, 0.1) is 11.4 Å². The summed E-state index contributed by atoms with van der Waals surface area (Å²) in [5, 5.41) is 4.89. The average molecular weight is 922 g/mol. The van der Waals surface area contributed by atoms with E-state index in [4.69, 9.17) is 4.98 Å². The minimum atomic E-state index is -0.0317. The van der Waals surface area contributed by atoms with Crippen LogP contribution >= 0.6 is 11.3 Å². The molecule has 9 rings (SSSR count). The summed E-state index contributed by atoms with van der Waals surface area (Å²) in [6.07, 6.45) is 1.79. The van der Waals surface area contributed by atoms with Crippen LogP contribution in [0.15, 0.2) is 164 Å². The normalized spacial score (nSPS) is 11.3. The molecule has 9 aromatic rings. The minimum absolute atomic E-state index is 0. The van der Waals surface area contributed by atoms with E-state index in [2.05, 4.69) is 171 Å². The van der Waals surface area contributed by atoms with E-state index in [1.807, 2.05) is 42.5 Å². The summed E-state index contributed by atoms with van der Waals surface area (Å²) in [4.78, 5) is 9.55. The fourth-order valence-corrected chi connectivity index (χ4v) is 7.82. The van der Waals surface area contributed by atoms with Crippen LogP contribution in [0.25, 0.3) is 71.7 Å². The first-order chi connectivity index (χ1) is 26.8. The molecule has 0 amide bonds. The fourth-order valence-electron chi connectivity index (χ4n) is 7.00. The van der Waals surface area contributed by atoms with Crippen molar-refractivity contribution in [1.82, 2.24) is 14.5 Å². The molecule has 0 unspecified atom stereocenters. The van der Waals surface area contributed by atoms with Crippen molar-refractivity contribution in [3.05, 3.63) is 186 Å². The van der Waals surface area contributed by atoms with E-state index in [0.717, 1.165) is 39.4 Å². The van der Waals surface area contributed by atoms with Crippen LogP contribution in [0.5, 0.6) is 0 Å². The Bertz CT molecular complexity index is 2590. The van der Waals surface area contributed by atoms with Gasteiger partial charge in [0.1, 0.15) is 0 Å². The molecule has 0 aliphatic carbocycles. The van der Waals surface area contributed by atoms with Gasteiger partial charge in [-0.05, 0) is 64.0 Å². The SMILES string of the molecule is CC(C)c1ccc2s[c-]c(-c3nc4ccccc4n3-c3c(-c4ccccc4)cc(C(C)(C)C)cc3-c3ccccc3)c2c1.[Ir].[c-]1ccccc1-c1ccccn1. The van der Waals surface area contributed by atoms with Crippen LogP contribution < -0.4 is 0 Å². The van der Waals surface area contributed by atoms with Gasteiger partial charge in [0.05, 0.1) is 22.5 Å². The Balaban J connectivity index is 0.000000315. The number of aromatic nitrogens is 3. The predicted octanol–water partition coefficient (Wildman–Crippen LogP) is 14.0. The molecule has 3 nitrogen and oxygen atoms in total. The Hall–Kier alpha value is -5.45. The first kappa shape index (κ1) is 38.8. The Morgan fingerprint density at radius 1 is 0.679 bits per heavy atom. The molecular formula is C51H43IrN3S-2. The van der Waals surface area contributed by atoms with Crippen molar-refractivity contribution in [2.45, 2.75) is 46.0 Å². The first-order valence-corrected chi connectivity index (χ1v) is 19.7. The summed E-state index contributed by atoms with van der Waals surface area (Å²) < 4.78 is 3.62. The number of pyridine rings is 1. The van der Waals surface area contributed by atoms with Crippen LogP contribution in [0.3, 0.4) is 0 Å². The molecule has 3 heterocycles. The Kier molecular flexibility index (Phi) is 11.6. The van der Waals surface area contributed by atoms with Gasteiger partial charge in [-0.2, -0.15) is 0 Å². The van der Waals surface area contributed by atoms with E-state index >= 15 is 0 Å². The molecule has 0 saturated carbocycles. The summed E-state index contributed by atoms with van der Waals surface area (Å²) in [6.45, 7) is 11.4. The summed E-state index contributed by atoms with van der Waals surface area (Å²) in [5.41, 5.74) is 13.6. The number of para-hydroxylation sites is 2. The molecule has 0 spiro atoms. The Morgan fingerprint density at radius 2 is 1.32 bits per heavy atom. The number of thiophene rings is 1. The molecule has 0 bridgehead atoms. The molecule has 5 heteroatoms. The van der Waals surface area contributed by atoms with E-state index < -0.39 is 0 Å². The van der Waals surface area contributed by atoms with Gasteiger partial charge in [0.25, 0.3) is 0 Å². The molecule has 0 aliphatic heterocycles. The molecule has 56 heavy (non-hydrogen) atoms. The van der Waals surface area contributed by atoms with Gasteiger partial charge in [0.15, 0.2) is 0 Å². The number of hydrogen-bond donors (Lipinski definition) is 0. The maximum absolute atomic E-state index is 5.34. The van der Waals surface area contributed by atoms with Crippen molar-refractivity contribution in [1.29, 1.82) is 0 Å². The quantitative estimate of drug-likeness (QED) is 0.156. The van der Waals surface area contributed by atoms with Gasteiger partial charge in [-0.3, -0.25) is 16.3 Å². The number of fused-ring (bicyclic) bond motifs is 2. The molecule has 6 aromatic carbocycles. The van der Waals surface area contributed by atoms with Crippen LogP contribution in [0.4, 0.5) is 0 Å². The van der Waals surface area contributed by atoms with Crippen LogP contribution in [0.2, 0.25) is 0 Å². The molecule has 0 aliphatic rings. The molecular weight excluding hydrogens is 879 g/mol. The zero-order valence-electron chi connectivity index (χ0n) is 32.2. The summed E-state index contributed by atoms with van der Waals surface area (Å²) in [6, 6.07) is 58.5. The third-order valence-corrected chi connectivity index (χ3v) is 10.9. The standard InChI is InChI=1S/C40H35N2S.C11H8N.Ir/c1-26(2)29-20-21-37-33(22-29)34(25-43-37)39-41-35-18-12-13-19-36(35)42(39)38-31(27-14-8-6-9-15-27)23-30(40(3,4)5)24-32(38)28-16-10-7-11-17-28;1-2-6-10(7-3-1)11-8-4-5-9-12-11;/h6-24,26H,1-5H3;1-6,8-9H;/q2*-1;. The topological polar surface area (TPSA) is 30.7 Å². The van der Waals surface area contributed by atoms with Crippen molar-refractivity contribution < 1.29 is 20.1 Å². The minimum Gasteiger partial charge on any atom is -0.332 e. The predicted molar refractivity (Wildman–Crippen MR) is 233 cm³/mol.